The van der Waals surface area contributed by atoms with Crippen molar-refractivity contribution in [2.45, 2.75) is 12.4 Å². The summed E-state index contributed by atoms with van der Waals surface area (Å²) in [6, 6.07) is 6.43. The Balaban J connectivity index is 0.00000243. The van der Waals surface area contributed by atoms with Crippen molar-refractivity contribution in [3.63, 3.8) is 0 Å². The van der Waals surface area contributed by atoms with Gasteiger partial charge in [0.1, 0.15) is 5.75 Å². The van der Waals surface area contributed by atoms with Crippen LogP contribution < -0.4 is 19.9 Å². The number of ether oxygens (including phenoxy) is 3. The second-order valence-electron chi connectivity index (χ2n) is 5.12. The van der Waals surface area contributed by atoms with Crippen LogP contribution in [-0.2, 0) is 0 Å². The van der Waals surface area contributed by atoms with Crippen molar-refractivity contribution in [3.05, 3.63) is 57.6 Å². The van der Waals surface area contributed by atoms with Gasteiger partial charge in [0, 0.05) is 0 Å². The van der Waals surface area contributed by atoms with Gasteiger partial charge in [-0.3, -0.25) is 10.1 Å². The van der Waals surface area contributed by atoms with E-state index in [2.05, 4.69) is 4.74 Å². The Labute approximate surface area is 151 Å². The van der Waals surface area contributed by atoms with Gasteiger partial charge in [0.25, 0.3) is 5.69 Å². The molecule has 0 radical (unpaired) electrons. The first-order valence-corrected chi connectivity index (χ1v) is 6.94. The van der Waals surface area contributed by atoms with Gasteiger partial charge in [-0.2, -0.15) is 0 Å². The Morgan fingerprint density at radius 2 is 1.73 bits per heavy atom. The molecule has 140 valence electrons. The molecule has 0 saturated carbocycles. The summed E-state index contributed by atoms with van der Waals surface area (Å²) in [5.74, 6) is 0.133. The van der Waals surface area contributed by atoms with Gasteiger partial charge >= 0.3 is 6.36 Å². The number of benzene rings is 2. The van der Waals surface area contributed by atoms with E-state index in [1.165, 1.54) is 24.3 Å². The summed E-state index contributed by atoms with van der Waals surface area (Å²) < 4.78 is 50.6. The monoisotopic (exact) mass is 392 g/mol. The molecule has 3 rings (SSSR count). The Morgan fingerprint density at radius 3 is 2.27 bits per heavy atom. The van der Waals surface area contributed by atoms with Crippen LogP contribution in [0.3, 0.4) is 0 Å². The SMILES string of the molecule is Cl.N[C@H](c1ccc(OC(F)(F)F)cc1)c1cc2c(cc1[N+](=O)[O-])OCO2. The highest BCUT2D eigenvalue weighted by Crippen LogP contribution is 2.41. The molecule has 0 aromatic heterocycles. The number of hydrogen-bond donors (Lipinski definition) is 1. The van der Waals surface area contributed by atoms with Gasteiger partial charge in [-0.15, -0.1) is 25.6 Å². The molecule has 0 bridgehead atoms. The molecule has 1 aliphatic rings. The molecule has 2 aromatic carbocycles. The van der Waals surface area contributed by atoms with E-state index in [1.54, 1.807) is 0 Å². The summed E-state index contributed by atoms with van der Waals surface area (Å²) in [5.41, 5.74) is 6.31. The van der Waals surface area contributed by atoms with Crippen LogP contribution in [0.1, 0.15) is 17.2 Å². The van der Waals surface area contributed by atoms with Crippen LogP contribution in [-0.4, -0.2) is 18.1 Å². The van der Waals surface area contributed by atoms with E-state index in [9.17, 15) is 23.3 Å². The van der Waals surface area contributed by atoms with Gasteiger partial charge in [0.15, 0.2) is 11.5 Å². The maximum absolute atomic E-state index is 12.2. The first-order chi connectivity index (χ1) is 11.7. The van der Waals surface area contributed by atoms with Crippen LogP contribution in [0, 0.1) is 10.1 Å². The molecule has 0 aliphatic carbocycles. The van der Waals surface area contributed by atoms with Gasteiger partial charge in [0.05, 0.1) is 22.6 Å². The summed E-state index contributed by atoms with van der Waals surface area (Å²) in [6.07, 6.45) is -4.81. The molecule has 0 saturated heterocycles. The van der Waals surface area contributed by atoms with Crippen molar-refractivity contribution in [2.75, 3.05) is 6.79 Å². The summed E-state index contributed by atoms with van der Waals surface area (Å²) in [7, 11) is 0. The molecule has 11 heteroatoms. The van der Waals surface area contributed by atoms with Crippen molar-refractivity contribution >= 4 is 18.1 Å². The fourth-order valence-corrected chi connectivity index (χ4v) is 2.41. The third-order valence-corrected chi connectivity index (χ3v) is 3.53. The summed E-state index contributed by atoms with van der Waals surface area (Å²) in [6.45, 7) is -0.0609. The predicted molar refractivity (Wildman–Crippen MR) is 85.6 cm³/mol. The van der Waals surface area contributed by atoms with E-state index in [-0.39, 0.29) is 36.2 Å². The number of halogens is 4. The zero-order chi connectivity index (χ0) is 18.2. The van der Waals surface area contributed by atoms with Gasteiger partial charge in [-0.05, 0) is 23.8 Å². The van der Waals surface area contributed by atoms with Gasteiger partial charge in [0.2, 0.25) is 6.79 Å². The molecule has 0 spiro atoms. The summed E-state index contributed by atoms with van der Waals surface area (Å²) in [4.78, 5) is 10.7. The average molecular weight is 393 g/mol. The van der Waals surface area contributed by atoms with Crippen molar-refractivity contribution < 1.29 is 32.3 Å². The van der Waals surface area contributed by atoms with Gasteiger partial charge in [-0.1, -0.05) is 12.1 Å². The van der Waals surface area contributed by atoms with E-state index in [0.717, 1.165) is 12.1 Å². The molecule has 0 amide bonds. The van der Waals surface area contributed by atoms with E-state index in [1.807, 2.05) is 0 Å². The Morgan fingerprint density at radius 1 is 1.15 bits per heavy atom. The standard InChI is InChI=1S/C15H11F3N2O5.ClH/c16-15(17,18)25-9-3-1-8(2-4-9)14(19)10-5-12-13(24-7-23-12)6-11(10)20(21)22;/h1-6,14H,7,19H2;1H/t14-;/m1./s1. The van der Waals surface area contributed by atoms with E-state index in [0.29, 0.717) is 11.3 Å². The second-order valence-corrected chi connectivity index (χ2v) is 5.12. The van der Waals surface area contributed by atoms with Crippen LogP contribution in [0.4, 0.5) is 18.9 Å². The van der Waals surface area contributed by atoms with Gasteiger partial charge in [-0.25, -0.2) is 0 Å². The van der Waals surface area contributed by atoms with Crippen molar-refractivity contribution in [2.24, 2.45) is 5.73 Å². The number of nitro benzene ring substituents is 1. The highest BCUT2D eigenvalue weighted by molar-refractivity contribution is 5.85. The zero-order valence-corrected chi connectivity index (χ0v) is 13.7. The van der Waals surface area contributed by atoms with Crippen LogP contribution in [0.15, 0.2) is 36.4 Å². The molecule has 1 heterocycles. The number of rotatable bonds is 4. The minimum absolute atomic E-state index is 0. The molecule has 0 fully saturated rings. The highest BCUT2D eigenvalue weighted by Gasteiger charge is 2.31. The minimum atomic E-state index is -4.81. The van der Waals surface area contributed by atoms with Crippen LogP contribution in [0.5, 0.6) is 17.2 Å². The number of fused-ring (bicyclic) bond motifs is 1. The minimum Gasteiger partial charge on any atom is -0.454 e. The zero-order valence-electron chi connectivity index (χ0n) is 12.9. The molecule has 1 aliphatic heterocycles. The maximum Gasteiger partial charge on any atom is 0.573 e. The highest BCUT2D eigenvalue weighted by atomic mass is 35.5. The average Bonchev–Trinajstić information content (AvgIpc) is 2.99. The van der Waals surface area contributed by atoms with Crippen molar-refractivity contribution in [1.82, 2.24) is 0 Å². The fraction of sp³-hybridized carbons (Fsp3) is 0.200. The normalized spacial score (nSPS) is 13.7. The van der Waals surface area contributed by atoms with E-state index >= 15 is 0 Å². The molecule has 7 nitrogen and oxygen atoms in total. The summed E-state index contributed by atoms with van der Waals surface area (Å²) in [5, 5.41) is 11.3. The number of alkyl halides is 3. The first-order valence-electron chi connectivity index (χ1n) is 6.94. The van der Waals surface area contributed by atoms with Crippen LogP contribution >= 0.6 is 12.4 Å². The third kappa shape index (κ3) is 4.09. The van der Waals surface area contributed by atoms with Crippen molar-refractivity contribution in [1.29, 1.82) is 0 Å². The van der Waals surface area contributed by atoms with E-state index < -0.39 is 23.1 Å². The lowest BCUT2D eigenvalue weighted by Gasteiger charge is -2.15. The smallest absolute Gasteiger partial charge is 0.454 e. The number of nitro groups is 1. The molecule has 0 unspecified atom stereocenters. The molecule has 2 aromatic rings. The van der Waals surface area contributed by atoms with Crippen molar-refractivity contribution in [3.8, 4) is 17.2 Å². The number of nitrogens with two attached hydrogens (primary N) is 1. The molecule has 26 heavy (non-hydrogen) atoms. The Bertz CT molecular complexity index is 814. The topological polar surface area (TPSA) is 96.9 Å². The number of hydrogen-bond acceptors (Lipinski definition) is 6. The maximum atomic E-state index is 12.2. The van der Waals surface area contributed by atoms with E-state index in [4.69, 9.17) is 15.2 Å². The number of nitrogens with zero attached hydrogens (tertiary/aromatic N) is 1. The third-order valence-electron chi connectivity index (χ3n) is 3.53. The largest absolute Gasteiger partial charge is 0.573 e. The first kappa shape index (κ1) is 19.6. The Kier molecular flexibility index (Phi) is 5.47. The molecule has 2 N–H and O–H groups in total. The lowest BCUT2D eigenvalue weighted by molar-refractivity contribution is -0.385. The second kappa shape index (κ2) is 7.26. The van der Waals surface area contributed by atoms with Crippen LogP contribution in [0.2, 0.25) is 0 Å². The molecular formula is C15H12ClF3N2O5. The molecule has 1 atom stereocenters. The van der Waals surface area contributed by atoms with Crippen LogP contribution in [0.25, 0.3) is 0 Å². The molecular weight excluding hydrogens is 381 g/mol. The Hall–Kier alpha value is -2.72. The summed E-state index contributed by atoms with van der Waals surface area (Å²) >= 11 is 0. The lowest BCUT2D eigenvalue weighted by atomic mass is 9.97. The van der Waals surface area contributed by atoms with Gasteiger partial charge < -0.3 is 19.9 Å². The lowest BCUT2D eigenvalue weighted by Crippen LogP contribution is -2.17. The predicted octanol–water partition coefficient (Wildman–Crippen LogP) is 3.69. The fourth-order valence-electron chi connectivity index (χ4n) is 2.41. The quantitative estimate of drug-likeness (QED) is 0.629.